The van der Waals surface area contributed by atoms with Gasteiger partial charge in [0.05, 0.1) is 6.54 Å². The Bertz CT molecular complexity index is 729. The van der Waals surface area contributed by atoms with Gasteiger partial charge in [0, 0.05) is 31.6 Å². The van der Waals surface area contributed by atoms with Crippen LogP contribution in [0.2, 0.25) is 0 Å². The molecule has 0 heterocycles. The van der Waals surface area contributed by atoms with Crippen LogP contribution in [0.25, 0.3) is 0 Å². The van der Waals surface area contributed by atoms with Gasteiger partial charge in [-0.05, 0) is 36.7 Å². The number of amides is 2. The van der Waals surface area contributed by atoms with E-state index in [0.29, 0.717) is 31.1 Å². The van der Waals surface area contributed by atoms with Gasteiger partial charge in [-0.2, -0.15) is 0 Å². The van der Waals surface area contributed by atoms with Crippen molar-refractivity contribution in [2.24, 2.45) is 0 Å². The van der Waals surface area contributed by atoms with Crippen LogP contribution in [0.4, 0.5) is 0 Å². The van der Waals surface area contributed by atoms with Crippen LogP contribution >= 0.6 is 0 Å². The zero-order valence-electron chi connectivity index (χ0n) is 16.4. The maximum absolute atomic E-state index is 12.3. The number of hydrogen-bond acceptors (Lipinski definition) is 3. The Morgan fingerprint density at radius 2 is 1.70 bits per heavy atom. The minimum Gasteiger partial charge on any atom is -0.355 e. The first-order chi connectivity index (χ1) is 13.0. The standard InChI is InChI=1S/C22H29N3O2/c1-4-18(19-8-6-5-7-9-19)14-24-21(26)16-25(3)15-17-10-12-20(13-11-17)22(27)23-2/h5-13,18H,4,14-16H2,1-3H3,(H,23,27)(H,24,26)/t18-/m0/s1. The second-order valence-electron chi connectivity index (χ2n) is 6.77. The number of likely N-dealkylation sites (N-methyl/N-ethyl adjacent to an activating group) is 1. The fourth-order valence-corrected chi connectivity index (χ4v) is 3.03. The molecule has 0 unspecified atom stereocenters. The highest BCUT2D eigenvalue weighted by molar-refractivity contribution is 5.93. The Kier molecular flexibility index (Phi) is 8.01. The number of hydrogen-bond donors (Lipinski definition) is 2. The lowest BCUT2D eigenvalue weighted by Gasteiger charge is -2.19. The van der Waals surface area contributed by atoms with E-state index in [9.17, 15) is 9.59 Å². The highest BCUT2D eigenvalue weighted by Gasteiger charge is 2.12. The summed E-state index contributed by atoms with van der Waals surface area (Å²) in [6.07, 6.45) is 0.984. The summed E-state index contributed by atoms with van der Waals surface area (Å²) < 4.78 is 0. The lowest BCUT2D eigenvalue weighted by Crippen LogP contribution is -2.36. The molecule has 2 rings (SSSR count). The van der Waals surface area contributed by atoms with Gasteiger partial charge in [-0.15, -0.1) is 0 Å². The van der Waals surface area contributed by atoms with Crippen molar-refractivity contribution in [3.63, 3.8) is 0 Å². The van der Waals surface area contributed by atoms with Crippen molar-refractivity contribution in [3.8, 4) is 0 Å². The van der Waals surface area contributed by atoms with E-state index in [4.69, 9.17) is 0 Å². The largest absolute Gasteiger partial charge is 0.355 e. The molecule has 1 atom stereocenters. The average Bonchev–Trinajstić information content (AvgIpc) is 2.69. The van der Waals surface area contributed by atoms with Crippen molar-refractivity contribution in [3.05, 3.63) is 71.3 Å². The predicted octanol–water partition coefficient (Wildman–Crippen LogP) is 2.79. The molecule has 0 radical (unpaired) electrons. The molecule has 0 saturated carbocycles. The SMILES string of the molecule is CC[C@@H](CNC(=O)CN(C)Cc1ccc(C(=O)NC)cc1)c1ccccc1. The van der Waals surface area contributed by atoms with E-state index in [1.54, 1.807) is 19.2 Å². The van der Waals surface area contributed by atoms with Gasteiger partial charge < -0.3 is 10.6 Å². The van der Waals surface area contributed by atoms with Gasteiger partial charge in [0.25, 0.3) is 5.91 Å². The van der Waals surface area contributed by atoms with Crippen LogP contribution in [-0.2, 0) is 11.3 Å². The third kappa shape index (κ3) is 6.53. The summed E-state index contributed by atoms with van der Waals surface area (Å²) in [5.41, 5.74) is 2.95. The zero-order chi connectivity index (χ0) is 19.6. The van der Waals surface area contributed by atoms with Gasteiger partial charge in [0.1, 0.15) is 0 Å². The first-order valence-corrected chi connectivity index (χ1v) is 9.34. The average molecular weight is 367 g/mol. The maximum Gasteiger partial charge on any atom is 0.251 e. The van der Waals surface area contributed by atoms with Crippen molar-refractivity contribution in [1.82, 2.24) is 15.5 Å². The fourth-order valence-electron chi connectivity index (χ4n) is 3.03. The van der Waals surface area contributed by atoms with E-state index in [1.807, 2.05) is 42.3 Å². The Hall–Kier alpha value is -2.66. The van der Waals surface area contributed by atoms with Crippen LogP contribution in [0, 0.1) is 0 Å². The third-order valence-corrected chi connectivity index (χ3v) is 4.62. The van der Waals surface area contributed by atoms with Gasteiger partial charge in [-0.1, -0.05) is 49.4 Å². The summed E-state index contributed by atoms with van der Waals surface area (Å²) >= 11 is 0. The highest BCUT2D eigenvalue weighted by Crippen LogP contribution is 2.17. The molecule has 2 aromatic carbocycles. The highest BCUT2D eigenvalue weighted by atomic mass is 16.2. The summed E-state index contributed by atoms with van der Waals surface area (Å²) in [7, 11) is 3.53. The molecule has 2 N–H and O–H groups in total. The molecule has 0 spiro atoms. The van der Waals surface area contributed by atoms with Gasteiger partial charge in [-0.3, -0.25) is 14.5 Å². The third-order valence-electron chi connectivity index (χ3n) is 4.62. The zero-order valence-corrected chi connectivity index (χ0v) is 16.4. The predicted molar refractivity (Wildman–Crippen MR) is 109 cm³/mol. The maximum atomic E-state index is 12.3. The lowest BCUT2D eigenvalue weighted by molar-refractivity contribution is -0.122. The Morgan fingerprint density at radius 3 is 2.30 bits per heavy atom. The summed E-state index contributed by atoms with van der Waals surface area (Å²) in [4.78, 5) is 25.8. The summed E-state index contributed by atoms with van der Waals surface area (Å²) in [6.45, 7) is 3.77. The van der Waals surface area contributed by atoms with Crippen LogP contribution in [0.5, 0.6) is 0 Å². The van der Waals surface area contributed by atoms with Crippen LogP contribution in [0.15, 0.2) is 54.6 Å². The van der Waals surface area contributed by atoms with Crippen molar-refractivity contribution >= 4 is 11.8 Å². The molecule has 0 aliphatic heterocycles. The van der Waals surface area contributed by atoms with Crippen molar-refractivity contribution in [1.29, 1.82) is 0 Å². The Morgan fingerprint density at radius 1 is 1.04 bits per heavy atom. The van der Waals surface area contributed by atoms with E-state index < -0.39 is 0 Å². The molecule has 2 amide bonds. The van der Waals surface area contributed by atoms with E-state index >= 15 is 0 Å². The van der Waals surface area contributed by atoms with E-state index in [0.717, 1.165) is 12.0 Å². The van der Waals surface area contributed by atoms with Crippen LogP contribution < -0.4 is 10.6 Å². The van der Waals surface area contributed by atoms with Gasteiger partial charge in [-0.25, -0.2) is 0 Å². The molecule has 27 heavy (non-hydrogen) atoms. The number of nitrogens with one attached hydrogen (secondary N) is 2. The number of carbonyl (C=O) groups excluding carboxylic acids is 2. The summed E-state index contributed by atoms with van der Waals surface area (Å²) in [5.74, 6) is 0.254. The number of nitrogens with zero attached hydrogens (tertiary/aromatic N) is 1. The Labute approximate surface area is 161 Å². The lowest BCUT2D eigenvalue weighted by atomic mass is 9.96. The molecule has 0 saturated heterocycles. The minimum absolute atomic E-state index is 0.0221. The molecule has 0 aromatic heterocycles. The molecule has 5 heteroatoms. The fraction of sp³-hybridized carbons (Fsp3) is 0.364. The quantitative estimate of drug-likeness (QED) is 0.716. The van der Waals surface area contributed by atoms with Gasteiger partial charge >= 0.3 is 0 Å². The van der Waals surface area contributed by atoms with Crippen LogP contribution in [0.3, 0.4) is 0 Å². The van der Waals surface area contributed by atoms with Crippen molar-refractivity contribution in [2.75, 3.05) is 27.2 Å². The molecule has 0 bridgehead atoms. The van der Waals surface area contributed by atoms with Crippen LogP contribution in [0.1, 0.15) is 40.7 Å². The van der Waals surface area contributed by atoms with Crippen LogP contribution in [-0.4, -0.2) is 43.9 Å². The second kappa shape index (κ2) is 10.5. The number of rotatable bonds is 9. The topological polar surface area (TPSA) is 61.4 Å². The monoisotopic (exact) mass is 367 g/mol. The molecule has 2 aromatic rings. The Balaban J connectivity index is 1.80. The number of carbonyl (C=O) groups is 2. The summed E-state index contributed by atoms with van der Waals surface area (Å²) in [5, 5.41) is 5.65. The van der Waals surface area contributed by atoms with E-state index in [-0.39, 0.29) is 11.8 Å². The van der Waals surface area contributed by atoms with Crippen molar-refractivity contribution in [2.45, 2.75) is 25.8 Å². The normalized spacial score (nSPS) is 11.9. The molecule has 144 valence electrons. The second-order valence-corrected chi connectivity index (χ2v) is 6.77. The molecule has 0 aliphatic rings. The van der Waals surface area contributed by atoms with E-state index in [1.165, 1.54) is 5.56 Å². The number of benzene rings is 2. The summed E-state index contributed by atoms with van der Waals surface area (Å²) in [6, 6.07) is 17.7. The molecular weight excluding hydrogens is 338 g/mol. The first kappa shape index (κ1) is 20.6. The minimum atomic E-state index is -0.0989. The van der Waals surface area contributed by atoms with Crippen molar-refractivity contribution < 1.29 is 9.59 Å². The first-order valence-electron chi connectivity index (χ1n) is 9.34. The molecule has 5 nitrogen and oxygen atoms in total. The smallest absolute Gasteiger partial charge is 0.251 e. The molecule has 0 aliphatic carbocycles. The molecular formula is C22H29N3O2. The van der Waals surface area contributed by atoms with Gasteiger partial charge in [0.15, 0.2) is 0 Å². The molecule has 0 fully saturated rings. The van der Waals surface area contributed by atoms with Gasteiger partial charge in [0.2, 0.25) is 5.91 Å². The van der Waals surface area contributed by atoms with E-state index in [2.05, 4.69) is 29.7 Å².